The zero-order valence-corrected chi connectivity index (χ0v) is 19.1. The van der Waals surface area contributed by atoms with E-state index in [1.54, 1.807) is 31.5 Å². The normalized spacial score (nSPS) is 18.8. The molecule has 1 fully saturated rings. The molecule has 0 aliphatic carbocycles. The van der Waals surface area contributed by atoms with Crippen LogP contribution in [0.15, 0.2) is 76.7 Å². The molecule has 32 heavy (non-hydrogen) atoms. The molecular weight excluding hydrogens is 422 g/mol. The van der Waals surface area contributed by atoms with Crippen LogP contribution in [-0.4, -0.2) is 49.1 Å². The number of nitrogens with zero attached hydrogens (tertiary/aromatic N) is 3. The van der Waals surface area contributed by atoms with Gasteiger partial charge in [-0.15, -0.1) is 12.6 Å². The average Bonchev–Trinajstić information content (AvgIpc) is 2.80. The van der Waals surface area contributed by atoms with Crippen molar-refractivity contribution in [2.45, 2.75) is 12.8 Å². The average molecular weight is 450 g/mol. The summed E-state index contributed by atoms with van der Waals surface area (Å²) < 4.78 is 5.10. The van der Waals surface area contributed by atoms with Crippen LogP contribution in [0.5, 0.6) is 0 Å². The molecule has 1 aromatic carbocycles. The molecule has 166 valence electrons. The molecule has 1 saturated heterocycles. The second-order valence-electron chi connectivity index (χ2n) is 7.49. The number of aromatic nitrogens is 1. The first-order valence-electron chi connectivity index (χ1n) is 10.3. The number of allylic oxidation sites excluding steroid dienone is 2. The summed E-state index contributed by atoms with van der Waals surface area (Å²) in [6.45, 7) is 5.82. The number of para-hydroxylation sites is 1. The van der Waals surface area contributed by atoms with E-state index in [-0.39, 0.29) is 5.91 Å². The van der Waals surface area contributed by atoms with Gasteiger partial charge >= 0.3 is 0 Å². The number of anilines is 1. The van der Waals surface area contributed by atoms with E-state index < -0.39 is 5.92 Å². The monoisotopic (exact) mass is 449 g/mol. The van der Waals surface area contributed by atoms with Crippen LogP contribution >= 0.6 is 12.6 Å². The van der Waals surface area contributed by atoms with E-state index in [0.717, 1.165) is 31.9 Å². The smallest absolute Gasteiger partial charge is 0.254 e. The van der Waals surface area contributed by atoms with Crippen molar-refractivity contribution in [2.75, 3.05) is 38.7 Å². The molecule has 0 radical (unpaired) electrons. The highest BCUT2D eigenvalue weighted by Gasteiger charge is 2.33. The predicted molar refractivity (Wildman–Crippen MR) is 128 cm³/mol. The number of ether oxygens (including phenoxy) is 1. The fraction of sp³-hybridized carbons (Fsp3) is 0.292. The lowest BCUT2D eigenvalue weighted by molar-refractivity contribution is -0.113. The van der Waals surface area contributed by atoms with Crippen molar-refractivity contribution in [3.05, 3.63) is 82.3 Å². The number of thiol groups is 1. The number of nitriles is 1. The fourth-order valence-electron chi connectivity index (χ4n) is 3.49. The topological polar surface area (TPSA) is 90.3 Å². The van der Waals surface area contributed by atoms with Crippen molar-refractivity contribution < 1.29 is 9.53 Å². The molecule has 0 spiro atoms. The van der Waals surface area contributed by atoms with Crippen molar-refractivity contribution in [1.29, 1.82) is 5.26 Å². The Balaban J connectivity index is 0.000000352. The van der Waals surface area contributed by atoms with E-state index in [1.807, 2.05) is 30.3 Å². The summed E-state index contributed by atoms with van der Waals surface area (Å²) in [5.74, 6) is -0.753. The van der Waals surface area contributed by atoms with Gasteiger partial charge in [-0.3, -0.25) is 9.78 Å². The van der Waals surface area contributed by atoms with Gasteiger partial charge in [0.1, 0.15) is 0 Å². The lowest BCUT2D eigenvalue weighted by Crippen LogP contribution is -2.32. The largest absolute Gasteiger partial charge is 0.379 e. The van der Waals surface area contributed by atoms with Gasteiger partial charge in [-0.1, -0.05) is 18.2 Å². The minimum atomic E-state index is -0.495. The van der Waals surface area contributed by atoms with Crippen LogP contribution < -0.4 is 10.6 Å². The third-order valence-electron chi connectivity index (χ3n) is 5.21. The van der Waals surface area contributed by atoms with Crippen molar-refractivity contribution in [3.63, 3.8) is 0 Å². The van der Waals surface area contributed by atoms with Crippen LogP contribution in [0.2, 0.25) is 0 Å². The Kier molecular flexibility index (Phi) is 8.45. The van der Waals surface area contributed by atoms with Gasteiger partial charge in [0.25, 0.3) is 5.91 Å². The molecule has 3 heterocycles. The first-order valence-corrected chi connectivity index (χ1v) is 10.8. The zero-order valence-electron chi connectivity index (χ0n) is 18.2. The number of dihydropyridines is 1. The Morgan fingerprint density at radius 1 is 1.22 bits per heavy atom. The van der Waals surface area contributed by atoms with Crippen molar-refractivity contribution >= 4 is 24.2 Å². The number of nitrogens with one attached hydrogen (secondary N) is 2. The van der Waals surface area contributed by atoms with Gasteiger partial charge in [0.15, 0.2) is 0 Å². The van der Waals surface area contributed by atoms with E-state index in [9.17, 15) is 10.1 Å². The van der Waals surface area contributed by atoms with Gasteiger partial charge in [-0.05, 0) is 43.8 Å². The van der Waals surface area contributed by atoms with Crippen LogP contribution in [0.25, 0.3) is 0 Å². The number of hydrogen-bond acceptors (Lipinski definition) is 7. The summed E-state index contributed by atoms with van der Waals surface area (Å²) in [4.78, 5) is 19.2. The van der Waals surface area contributed by atoms with Crippen LogP contribution in [0.1, 0.15) is 18.4 Å². The highest BCUT2D eigenvalue weighted by Crippen LogP contribution is 2.38. The Bertz CT molecular complexity index is 1030. The van der Waals surface area contributed by atoms with Gasteiger partial charge in [-0.25, -0.2) is 0 Å². The Hall–Kier alpha value is -3.12. The molecule has 8 heteroatoms. The first-order chi connectivity index (χ1) is 15.5. The summed E-state index contributed by atoms with van der Waals surface area (Å²) in [7, 11) is 2.11. The number of carbonyl (C=O) groups is 1. The van der Waals surface area contributed by atoms with Gasteiger partial charge in [0.05, 0.1) is 35.8 Å². The maximum absolute atomic E-state index is 12.9. The quantitative estimate of drug-likeness (QED) is 0.623. The number of likely N-dealkylation sites (N-methyl/N-ethyl adjacent to an activating group) is 1. The number of morpholine rings is 1. The number of amides is 1. The highest BCUT2D eigenvalue weighted by atomic mass is 32.1. The maximum atomic E-state index is 12.9. The van der Waals surface area contributed by atoms with Crippen molar-refractivity contribution in [1.82, 2.24) is 15.2 Å². The second kappa shape index (κ2) is 11.5. The molecule has 2 aliphatic heterocycles. The summed E-state index contributed by atoms with van der Waals surface area (Å²) in [6.07, 6.45) is 3.29. The molecule has 1 aromatic heterocycles. The predicted octanol–water partition coefficient (Wildman–Crippen LogP) is 3.29. The molecule has 1 unspecified atom stereocenters. The summed E-state index contributed by atoms with van der Waals surface area (Å²) in [5, 5.41) is 16.0. The Morgan fingerprint density at radius 2 is 1.88 bits per heavy atom. The summed E-state index contributed by atoms with van der Waals surface area (Å²) >= 11 is 4.38. The van der Waals surface area contributed by atoms with Crippen LogP contribution in [0.4, 0.5) is 5.69 Å². The second-order valence-corrected chi connectivity index (χ2v) is 7.93. The van der Waals surface area contributed by atoms with E-state index in [4.69, 9.17) is 4.74 Å². The molecule has 2 N–H and O–H groups in total. The molecule has 4 rings (SSSR count). The molecule has 2 aromatic rings. The minimum absolute atomic E-state index is 0.258. The summed E-state index contributed by atoms with van der Waals surface area (Å²) in [6, 6.07) is 15.0. The van der Waals surface area contributed by atoms with Crippen LogP contribution in [0, 0.1) is 11.3 Å². The number of pyridine rings is 1. The molecule has 7 nitrogen and oxygen atoms in total. The van der Waals surface area contributed by atoms with Crippen molar-refractivity contribution in [2.24, 2.45) is 0 Å². The molecule has 0 bridgehead atoms. The fourth-order valence-corrected chi connectivity index (χ4v) is 3.84. The summed E-state index contributed by atoms with van der Waals surface area (Å²) in [5.41, 5.74) is 3.07. The lowest BCUT2D eigenvalue weighted by atomic mass is 9.82. The van der Waals surface area contributed by atoms with Gasteiger partial charge < -0.3 is 20.3 Å². The molecule has 1 amide bonds. The number of carbonyl (C=O) groups excluding carboxylic acids is 1. The SMILES string of the molecule is CC1=C(C(=O)Nc2ccccc2)C(c2ccncc2)C(C#N)=C(S)N1.CN1CCOCC1. The van der Waals surface area contributed by atoms with Gasteiger partial charge in [0.2, 0.25) is 0 Å². The highest BCUT2D eigenvalue weighted by molar-refractivity contribution is 7.84. The van der Waals surface area contributed by atoms with E-state index in [2.05, 4.69) is 46.3 Å². The lowest BCUT2D eigenvalue weighted by Gasteiger charge is -2.28. The van der Waals surface area contributed by atoms with Crippen LogP contribution in [-0.2, 0) is 9.53 Å². The number of benzene rings is 1. The van der Waals surface area contributed by atoms with Gasteiger partial charge in [0, 0.05) is 42.4 Å². The molecular formula is C24H27N5O2S. The third kappa shape index (κ3) is 5.98. The zero-order chi connectivity index (χ0) is 22.9. The first kappa shape index (κ1) is 23.5. The molecule has 2 aliphatic rings. The van der Waals surface area contributed by atoms with Gasteiger partial charge in [-0.2, -0.15) is 5.26 Å². The van der Waals surface area contributed by atoms with Crippen molar-refractivity contribution in [3.8, 4) is 6.07 Å². The van der Waals surface area contributed by atoms with E-state index in [1.165, 1.54) is 0 Å². The Morgan fingerprint density at radius 3 is 2.44 bits per heavy atom. The van der Waals surface area contributed by atoms with Crippen LogP contribution in [0.3, 0.4) is 0 Å². The standard InChI is InChI=1S/C19H16N4OS.C5H11NO/c1-12-16(18(24)23-14-5-3-2-4-6-14)17(13-7-9-21-10-8-13)15(11-20)19(25)22-12;1-6-2-4-7-5-3-6/h2-10,17,22,25H,1H3,(H,23,24);2-5H2,1H3. The van der Waals surface area contributed by atoms with E-state index in [0.29, 0.717) is 27.6 Å². The number of rotatable bonds is 3. The molecule has 0 saturated carbocycles. The van der Waals surface area contributed by atoms with E-state index >= 15 is 0 Å². The Labute approximate surface area is 194 Å². The number of hydrogen-bond donors (Lipinski definition) is 3. The minimum Gasteiger partial charge on any atom is -0.379 e. The maximum Gasteiger partial charge on any atom is 0.254 e. The third-order valence-corrected chi connectivity index (χ3v) is 5.57. The molecule has 1 atom stereocenters.